The smallest absolute Gasteiger partial charge is 0.412 e. The van der Waals surface area contributed by atoms with E-state index in [1.54, 1.807) is 18.2 Å². The Balaban J connectivity index is 1.23. The van der Waals surface area contributed by atoms with Crippen LogP contribution in [0.5, 0.6) is 5.75 Å². The zero-order valence-electron chi connectivity index (χ0n) is 21.3. The van der Waals surface area contributed by atoms with Gasteiger partial charge in [0, 0.05) is 43.0 Å². The van der Waals surface area contributed by atoms with Gasteiger partial charge in [0.2, 0.25) is 5.91 Å². The van der Waals surface area contributed by atoms with Gasteiger partial charge in [0.1, 0.15) is 23.2 Å². The average Bonchev–Trinajstić information content (AvgIpc) is 3.64. The van der Waals surface area contributed by atoms with E-state index in [0.717, 1.165) is 5.56 Å². The summed E-state index contributed by atoms with van der Waals surface area (Å²) < 4.78 is 25.2. The van der Waals surface area contributed by atoms with Gasteiger partial charge in [0.25, 0.3) is 0 Å². The number of urea groups is 1. The molecular formula is C29H26ClFN4O5. The lowest BCUT2D eigenvalue weighted by Gasteiger charge is -2.24. The summed E-state index contributed by atoms with van der Waals surface area (Å²) >= 11 is 5.82. The molecule has 0 unspecified atom stereocenters. The molecule has 1 aliphatic rings. The minimum Gasteiger partial charge on any atom is -0.464 e. The van der Waals surface area contributed by atoms with Gasteiger partial charge in [-0.15, -0.1) is 0 Å². The average molecular weight is 565 g/mol. The topological polar surface area (TPSA) is 113 Å². The van der Waals surface area contributed by atoms with E-state index in [0.29, 0.717) is 36.0 Å². The molecule has 0 spiro atoms. The molecule has 1 aromatic heterocycles. The summed E-state index contributed by atoms with van der Waals surface area (Å²) in [6.45, 7) is 0.593. The van der Waals surface area contributed by atoms with Crippen LogP contribution in [0.1, 0.15) is 24.0 Å². The van der Waals surface area contributed by atoms with Crippen LogP contribution < -0.4 is 20.7 Å². The maximum atomic E-state index is 14.2. The quantitative estimate of drug-likeness (QED) is 0.261. The fraction of sp³-hybridized carbons (Fsp3) is 0.207. The Bertz CT molecular complexity index is 1540. The van der Waals surface area contributed by atoms with Crippen LogP contribution in [0.3, 0.4) is 0 Å². The van der Waals surface area contributed by atoms with Crippen molar-refractivity contribution in [3.8, 4) is 5.75 Å². The summed E-state index contributed by atoms with van der Waals surface area (Å²) in [4.78, 5) is 40.0. The number of hydrogen-bond donors (Lipinski definition) is 3. The minimum absolute atomic E-state index is 0.0285. The van der Waals surface area contributed by atoms with Crippen LogP contribution in [0.15, 0.2) is 77.4 Å². The van der Waals surface area contributed by atoms with Gasteiger partial charge >= 0.3 is 12.1 Å². The van der Waals surface area contributed by atoms with Gasteiger partial charge in [-0.05, 0) is 30.5 Å². The van der Waals surface area contributed by atoms with Crippen molar-refractivity contribution >= 4 is 46.3 Å². The van der Waals surface area contributed by atoms with Gasteiger partial charge in [0.15, 0.2) is 0 Å². The number of fused-ring (bicyclic) bond motifs is 1. The summed E-state index contributed by atoms with van der Waals surface area (Å²) in [5.74, 6) is -0.787. The number of amides is 4. The molecular weight excluding hydrogens is 539 g/mol. The van der Waals surface area contributed by atoms with E-state index in [1.807, 2.05) is 30.3 Å². The maximum absolute atomic E-state index is 14.2. The number of likely N-dealkylation sites (tertiary alicyclic amines) is 1. The maximum Gasteiger partial charge on any atom is 0.412 e. The second-order valence-corrected chi connectivity index (χ2v) is 9.65. The first kappa shape index (κ1) is 27.0. The molecule has 0 radical (unpaired) electrons. The Morgan fingerprint density at radius 3 is 2.67 bits per heavy atom. The number of carbonyl (C=O) groups excluding carboxylic acids is 3. The highest BCUT2D eigenvalue weighted by Crippen LogP contribution is 2.32. The first-order valence-electron chi connectivity index (χ1n) is 12.7. The highest BCUT2D eigenvalue weighted by Gasteiger charge is 2.34. The Morgan fingerprint density at radius 2 is 1.85 bits per heavy atom. The van der Waals surface area contributed by atoms with Crippen molar-refractivity contribution in [1.29, 1.82) is 0 Å². The SMILES string of the molecule is O=C(NCc1ccccc1)Oc1cc(NC(=O)N2CCC[C@H]2C(=O)NCc2cccc(Cl)c2F)cc2occc12. The van der Waals surface area contributed by atoms with Crippen molar-refractivity contribution in [1.82, 2.24) is 15.5 Å². The van der Waals surface area contributed by atoms with Gasteiger partial charge in [-0.1, -0.05) is 54.1 Å². The number of ether oxygens (including phenoxy) is 1. The molecule has 0 saturated carbocycles. The summed E-state index contributed by atoms with van der Waals surface area (Å²) in [6, 6.07) is 17.5. The monoisotopic (exact) mass is 564 g/mol. The van der Waals surface area contributed by atoms with Gasteiger partial charge in [-0.25, -0.2) is 14.0 Å². The lowest BCUT2D eigenvalue weighted by Crippen LogP contribution is -2.47. The van der Waals surface area contributed by atoms with Gasteiger partial charge < -0.3 is 30.0 Å². The molecule has 2 heterocycles. The fourth-order valence-electron chi connectivity index (χ4n) is 4.56. The molecule has 40 heavy (non-hydrogen) atoms. The number of carbonyl (C=O) groups is 3. The minimum atomic E-state index is -0.728. The van der Waals surface area contributed by atoms with Gasteiger partial charge in [-0.2, -0.15) is 0 Å². The second-order valence-electron chi connectivity index (χ2n) is 9.25. The molecule has 1 saturated heterocycles. The van der Waals surface area contributed by atoms with Crippen LogP contribution in [0.4, 0.5) is 19.7 Å². The summed E-state index contributed by atoms with van der Waals surface area (Å²) in [6.07, 6.45) is 1.88. The summed E-state index contributed by atoms with van der Waals surface area (Å²) in [7, 11) is 0. The van der Waals surface area contributed by atoms with E-state index < -0.39 is 29.9 Å². The molecule has 11 heteroatoms. The molecule has 3 aromatic carbocycles. The Kier molecular flexibility index (Phi) is 8.16. The van der Waals surface area contributed by atoms with Crippen molar-refractivity contribution in [2.24, 2.45) is 0 Å². The Labute approximate surface area is 234 Å². The number of hydrogen-bond acceptors (Lipinski definition) is 5. The van der Waals surface area contributed by atoms with Crippen LogP contribution in [0.25, 0.3) is 11.0 Å². The lowest BCUT2D eigenvalue weighted by atomic mass is 10.1. The van der Waals surface area contributed by atoms with E-state index in [-0.39, 0.29) is 29.4 Å². The van der Waals surface area contributed by atoms with Crippen molar-refractivity contribution in [2.45, 2.75) is 32.0 Å². The van der Waals surface area contributed by atoms with Crippen molar-refractivity contribution < 1.29 is 27.9 Å². The number of benzene rings is 3. The van der Waals surface area contributed by atoms with E-state index >= 15 is 0 Å². The molecule has 1 aliphatic heterocycles. The molecule has 5 rings (SSSR count). The molecule has 4 aromatic rings. The van der Waals surface area contributed by atoms with Crippen molar-refractivity contribution in [3.05, 3.63) is 95.0 Å². The van der Waals surface area contributed by atoms with Gasteiger partial charge in [0.05, 0.1) is 16.7 Å². The third kappa shape index (κ3) is 6.18. The third-order valence-electron chi connectivity index (χ3n) is 6.57. The van der Waals surface area contributed by atoms with Crippen LogP contribution in [0.2, 0.25) is 5.02 Å². The highest BCUT2D eigenvalue weighted by atomic mass is 35.5. The zero-order chi connectivity index (χ0) is 28.1. The molecule has 3 N–H and O–H groups in total. The number of rotatable bonds is 7. The number of halogens is 2. The summed E-state index contributed by atoms with van der Waals surface area (Å²) in [5, 5.41) is 8.69. The number of anilines is 1. The molecule has 1 atom stereocenters. The molecule has 0 bridgehead atoms. The van der Waals surface area contributed by atoms with E-state index in [1.165, 1.54) is 29.4 Å². The Hall–Kier alpha value is -4.57. The molecule has 1 fully saturated rings. The van der Waals surface area contributed by atoms with Crippen LogP contribution in [0, 0.1) is 5.82 Å². The van der Waals surface area contributed by atoms with E-state index in [9.17, 15) is 18.8 Å². The van der Waals surface area contributed by atoms with Crippen molar-refractivity contribution in [3.63, 3.8) is 0 Å². The number of nitrogens with zero attached hydrogens (tertiary/aromatic N) is 1. The Morgan fingerprint density at radius 1 is 1.02 bits per heavy atom. The molecule has 0 aliphatic carbocycles. The lowest BCUT2D eigenvalue weighted by molar-refractivity contribution is -0.124. The van der Waals surface area contributed by atoms with Crippen LogP contribution in [-0.2, 0) is 17.9 Å². The van der Waals surface area contributed by atoms with Gasteiger partial charge in [-0.3, -0.25) is 4.79 Å². The van der Waals surface area contributed by atoms with E-state index in [2.05, 4.69) is 16.0 Å². The van der Waals surface area contributed by atoms with Crippen molar-refractivity contribution in [2.75, 3.05) is 11.9 Å². The fourth-order valence-corrected chi connectivity index (χ4v) is 4.76. The third-order valence-corrected chi connectivity index (χ3v) is 6.86. The predicted molar refractivity (Wildman–Crippen MR) is 148 cm³/mol. The second kappa shape index (κ2) is 12.1. The first-order chi connectivity index (χ1) is 19.4. The number of furan rings is 1. The first-order valence-corrected chi connectivity index (χ1v) is 13.1. The van der Waals surface area contributed by atoms with Crippen LogP contribution >= 0.6 is 11.6 Å². The molecule has 9 nitrogen and oxygen atoms in total. The standard InChI is InChI=1S/C29H26ClFN4O5/c30-22-9-4-8-19(26(22)31)17-32-27(36)23-10-5-12-35(23)28(37)34-20-14-24-21(11-13-39-24)25(15-20)40-29(38)33-16-18-6-2-1-3-7-18/h1-4,6-9,11,13-15,23H,5,10,12,16-17H2,(H,32,36)(H,33,38)(H,34,37)/t23-/m0/s1. The number of nitrogens with one attached hydrogen (secondary N) is 3. The molecule has 4 amide bonds. The molecule has 206 valence electrons. The van der Waals surface area contributed by atoms with Crippen LogP contribution in [-0.4, -0.2) is 35.5 Å². The summed E-state index contributed by atoms with van der Waals surface area (Å²) in [5.41, 5.74) is 1.89. The largest absolute Gasteiger partial charge is 0.464 e. The zero-order valence-corrected chi connectivity index (χ0v) is 22.0. The normalized spacial score (nSPS) is 14.7. The predicted octanol–water partition coefficient (Wildman–Crippen LogP) is 5.83. The van der Waals surface area contributed by atoms with E-state index in [4.69, 9.17) is 20.8 Å². The highest BCUT2D eigenvalue weighted by molar-refractivity contribution is 6.30.